The summed E-state index contributed by atoms with van der Waals surface area (Å²) in [7, 11) is 0. The smallest absolute Gasteiger partial charge is 0.0669 e. The molecule has 11 heavy (non-hydrogen) atoms. The fourth-order valence-corrected chi connectivity index (χ4v) is 2.87. The van der Waals surface area contributed by atoms with Gasteiger partial charge in [-0.3, -0.25) is 0 Å². The lowest BCUT2D eigenvalue weighted by Crippen LogP contribution is -2.10. The number of hydrogen-bond donors (Lipinski definition) is 1. The van der Waals surface area contributed by atoms with Crippen molar-refractivity contribution in [2.24, 2.45) is 11.1 Å². The summed E-state index contributed by atoms with van der Waals surface area (Å²) < 4.78 is 0. The predicted molar refractivity (Wildman–Crippen MR) is 49.5 cm³/mol. The average Bonchev–Trinajstić information content (AvgIpc) is 2.31. The molecule has 1 saturated heterocycles. The first kappa shape index (κ1) is 8.91. The van der Waals surface area contributed by atoms with E-state index in [2.05, 4.69) is 19.0 Å². The van der Waals surface area contributed by atoms with Gasteiger partial charge in [-0.25, -0.2) is 0 Å². The topological polar surface area (TPSA) is 32.6 Å². The van der Waals surface area contributed by atoms with E-state index in [1.165, 1.54) is 0 Å². The number of hydrogen-bond acceptors (Lipinski definition) is 3. The minimum atomic E-state index is 0.449. The Morgan fingerprint density at radius 2 is 2.18 bits per heavy atom. The first-order valence-corrected chi connectivity index (χ1v) is 4.93. The summed E-state index contributed by atoms with van der Waals surface area (Å²) >= 11 is 1.92. The summed E-state index contributed by atoms with van der Waals surface area (Å²) in [6, 6.07) is 0. The second kappa shape index (κ2) is 3.48. The van der Waals surface area contributed by atoms with Crippen molar-refractivity contribution in [1.82, 2.24) is 0 Å². The maximum atomic E-state index is 8.54. The highest BCUT2D eigenvalue weighted by atomic mass is 32.2. The van der Waals surface area contributed by atoms with Crippen molar-refractivity contribution in [3.63, 3.8) is 0 Å². The van der Waals surface area contributed by atoms with E-state index in [4.69, 9.17) is 5.21 Å². The van der Waals surface area contributed by atoms with Crippen molar-refractivity contribution < 1.29 is 5.21 Å². The zero-order chi connectivity index (χ0) is 8.43. The molecule has 3 unspecified atom stereocenters. The van der Waals surface area contributed by atoms with Gasteiger partial charge in [0.15, 0.2) is 0 Å². The minimum Gasteiger partial charge on any atom is -0.411 e. The summed E-state index contributed by atoms with van der Waals surface area (Å²) in [4.78, 5) is 0. The molecule has 0 aromatic heterocycles. The molecule has 1 rings (SSSR count). The number of thioether (sulfide) groups is 1. The van der Waals surface area contributed by atoms with Crippen molar-refractivity contribution in [3.8, 4) is 0 Å². The Labute approximate surface area is 72.1 Å². The molecule has 3 heteroatoms. The molecule has 3 atom stereocenters. The van der Waals surface area contributed by atoms with Gasteiger partial charge in [0.2, 0.25) is 0 Å². The molecule has 0 radical (unpaired) electrons. The average molecular weight is 173 g/mol. The Balaban J connectivity index is 2.53. The van der Waals surface area contributed by atoms with Gasteiger partial charge in [0, 0.05) is 10.5 Å². The van der Waals surface area contributed by atoms with Crippen LogP contribution in [0.25, 0.3) is 0 Å². The van der Waals surface area contributed by atoms with E-state index in [0.717, 1.165) is 18.1 Å². The van der Waals surface area contributed by atoms with Crippen LogP contribution in [0.4, 0.5) is 0 Å². The van der Waals surface area contributed by atoms with E-state index in [1.807, 2.05) is 18.7 Å². The molecule has 1 N–H and O–H groups in total. The van der Waals surface area contributed by atoms with Gasteiger partial charge in [0.25, 0.3) is 0 Å². The van der Waals surface area contributed by atoms with Crippen LogP contribution in [0.2, 0.25) is 0 Å². The summed E-state index contributed by atoms with van der Waals surface area (Å²) in [5.41, 5.74) is 0.867. The highest BCUT2D eigenvalue weighted by Crippen LogP contribution is 2.38. The van der Waals surface area contributed by atoms with E-state index in [1.54, 1.807) is 0 Å². The number of oxime groups is 1. The van der Waals surface area contributed by atoms with Gasteiger partial charge in [0.1, 0.15) is 0 Å². The number of rotatable bonds is 1. The molecule has 64 valence electrons. The third-order valence-electron chi connectivity index (χ3n) is 2.39. The van der Waals surface area contributed by atoms with Crippen LogP contribution in [0.1, 0.15) is 27.2 Å². The molecule has 0 aromatic rings. The zero-order valence-corrected chi connectivity index (χ0v) is 8.06. The lowest BCUT2D eigenvalue weighted by molar-refractivity contribution is 0.317. The molecule has 0 aromatic carbocycles. The van der Waals surface area contributed by atoms with Gasteiger partial charge in [-0.05, 0) is 19.3 Å². The lowest BCUT2D eigenvalue weighted by atomic mass is 10.0. The largest absolute Gasteiger partial charge is 0.411 e. The molecule has 1 heterocycles. The summed E-state index contributed by atoms with van der Waals surface area (Å²) in [6.07, 6.45) is 1.15. The van der Waals surface area contributed by atoms with Crippen molar-refractivity contribution in [1.29, 1.82) is 0 Å². The van der Waals surface area contributed by atoms with Crippen LogP contribution in [0, 0.1) is 5.92 Å². The normalized spacial score (nSPS) is 39.5. The van der Waals surface area contributed by atoms with E-state index in [0.29, 0.717) is 10.5 Å². The van der Waals surface area contributed by atoms with Gasteiger partial charge >= 0.3 is 0 Å². The third kappa shape index (κ3) is 1.89. The van der Waals surface area contributed by atoms with Gasteiger partial charge < -0.3 is 5.21 Å². The quantitative estimate of drug-likeness (QED) is 0.375. The van der Waals surface area contributed by atoms with E-state index in [-0.39, 0.29) is 0 Å². The van der Waals surface area contributed by atoms with Crippen LogP contribution in [-0.4, -0.2) is 21.4 Å². The summed E-state index contributed by atoms with van der Waals surface area (Å²) in [6.45, 7) is 6.38. The zero-order valence-electron chi connectivity index (χ0n) is 7.24. The summed E-state index contributed by atoms with van der Waals surface area (Å²) in [5, 5.41) is 12.9. The molecule has 1 aliphatic heterocycles. The van der Waals surface area contributed by atoms with Crippen LogP contribution in [-0.2, 0) is 0 Å². The Morgan fingerprint density at radius 1 is 1.55 bits per heavy atom. The molecule has 1 aliphatic rings. The summed E-state index contributed by atoms with van der Waals surface area (Å²) in [5.74, 6) is 0.752. The number of nitrogens with zero attached hydrogens (tertiary/aromatic N) is 1. The second-order valence-corrected chi connectivity index (χ2v) is 4.87. The SMILES string of the molecule is C/C(=N\O)C1CC(C)C(C)S1. The first-order valence-electron chi connectivity index (χ1n) is 3.99. The molecular formula is C8H15NOS. The van der Waals surface area contributed by atoms with Crippen LogP contribution in [0.5, 0.6) is 0 Å². The fourth-order valence-electron chi connectivity index (χ4n) is 1.31. The highest BCUT2D eigenvalue weighted by Gasteiger charge is 2.30. The van der Waals surface area contributed by atoms with Gasteiger partial charge in [-0.15, -0.1) is 11.8 Å². The molecule has 0 aliphatic carbocycles. The molecule has 2 nitrogen and oxygen atoms in total. The van der Waals surface area contributed by atoms with Crippen LogP contribution >= 0.6 is 11.8 Å². The van der Waals surface area contributed by atoms with Gasteiger partial charge in [-0.2, -0.15) is 0 Å². The monoisotopic (exact) mass is 173 g/mol. The van der Waals surface area contributed by atoms with E-state index < -0.39 is 0 Å². The van der Waals surface area contributed by atoms with Gasteiger partial charge in [-0.1, -0.05) is 19.0 Å². The van der Waals surface area contributed by atoms with Crippen LogP contribution in [0.15, 0.2) is 5.16 Å². The minimum absolute atomic E-state index is 0.449. The maximum Gasteiger partial charge on any atom is 0.0669 e. The molecule has 0 saturated carbocycles. The third-order valence-corrected chi connectivity index (χ3v) is 4.15. The molecular weight excluding hydrogens is 158 g/mol. The maximum absolute atomic E-state index is 8.54. The van der Waals surface area contributed by atoms with Gasteiger partial charge in [0.05, 0.1) is 5.71 Å². The highest BCUT2D eigenvalue weighted by molar-refractivity contribution is 8.01. The van der Waals surface area contributed by atoms with Crippen molar-refractivity contribution >= 4 is 17.5 Å². The molecule has 0 amide bonds. The molecule has 1 fully saturated rings. The Morgan fingerprint density at radius 3 is 2.55 bits per heavy atom. The standard InChI is InChI=1S/C8H15NOS/c1-5-4-8(6(2)9-10)11-7(5)3/h5,7-8,10H,4H2,1-3H3/b9-6+. The first-order chi connectivity index (χ1) is 5.15. The Bertz CT molecular complexity index is 159. The predicted octanol–water partition coefficient (Wildman–Crippen LogP) is 2.37. The van der Waals surface area contributed by atoms with Crippen LogP contribution < -0.4 is 0 Å². The van der Waals surface area contributed by atoms with E-state index in [9.17, 15) is 0 Å². The molecule has 0 spiro atoms. The lowest BCUT2D eigenvalue weighted by Gasteiger charge is -2.05. The van der Waals surface area contributed by atoms with Crippen LogP contribution in [0.3, 0.4) is 0 Å². The second-order valence-electron chi connectivity index (χ2n) is 3.28. The van der Waals surface area contributed by atoms with Crippen molar-refractivity contribution in [2.75, 3.05) is 0 Å². The fraction of sp³-hybridized carbons (Fsp3) is 0.875. The van der Waals surface area contributed by atoms with Crippen molar-refractivity contribution in [2.45, 2.75) is 37.7 Å². The van der Waals surface area contributed by atoms with Crippen molar-refractivity contribution in [3.05, 3.63) is 0 Å². The van der Waals surface area contributed by atoms with E-state index >= 15 is 0 Å². The Hall–Kier alpha value is -0.180. The molecule has 0 bridgehead atoms. The Kier molecular flexibility index (Phi) is 2.82.